The van der Waals surface area contributed by atoms with E-state index < -0.39 is 0 Å². The highest BCUT2D eigenvalue weighted by molar-refractivity contribution is 6.06. The number of rotatable bonds is 4. The third kappa shape index (κ3) is 3.49. The Kier molecular flexibility index (Phi) is 5.08. The Bertz CT molecular complexity index is 1310. The van der Waals surface area contributed by atoms with Gasteiger partial charge < -0.3 is 4.90 Å². The summed E-state index contributed by atoms with van der Waals surface area (Å²) in [6.07, 6.45) is 6.44. The molecule has 3 heterocycles. The molecule has 0 spiro atoms. The van der Waals surface area contributed by atoms with Gasteiger partial charge in [0, 0.05) is 30.2 Å². The van der Waals surface area contributed by atoms with Gasteiger partial charge in [-0.1, -0.05) is 19.9 Å². The SMILES string of the molecule is Cc1cc2cc(N(C)C(=O)c3cccc(-n4nc(C(C)C)c5c4CCCC5)c3)ccn2n1. The van der Waals surface area contributed by atoms with Gasteiger partial charge in [0.2, 0.25) is 0 Å². The van der Waals surface area contributed by atoms with Gasteiger partial charge in [-0.05, 0) is 80.5 Å². The van der Waals surface area contributed by atoms with Crippen molar-refractivity contribution in [2.24, 2.45) is 0 Å². The van der Waals surface area contributed by atoms with E-state index in [1.165, 1.54) is 29.8 Å². The minimum atomic E-state index is -0.0439. The second-order valence-corrected chi connectivity index (χ2v) is 9.04. The van der Waals surface area contributed by atoms with Crippen molar-refractivity contribution in [2.75, 3.05) is 11.9 Å². The number of aryl methyl sites for hydroxylation is 1. The number of aromatic nitrogens is 4. The van der Waals surface area contributed by atoms with Crippen molar-refractivity contribution in [1.29, 1.82) is 0 Å². The average molecular weight is 428 g/mol. The van der Waals surface area contributed by atoms with Crippen LogP contribution in [0.3, 0.4) is 0 Å². The van der Waals surface area contributed by atoms with Crippen LogP contribution in [0.15, 0.2) is 48.7 Å². The van der Waals surface area contributed by atoms with Crippen molar-refractivity contribution in [1.82, 2.24) is 19.4 Å². The molecule has 1 aromatic carbocycles. The molecule has 1 amide bonds. The predicted molar refractivity (Wildman–Crippen MR) is 127 cm³/mol. The molecule has 0 radical (unpaired) electrons. The number of fused-ring (bicyclic) bond motifs is 2. The number of hydrogen-bond acceptors (Lipinski definition) is 3. The van der Waals surface area contributed by atoms with Crippen LogP contribution in [0.5, 0.6) is 0 Å². The first-order chi connectivity index (χ1) is 15.4. The van der Waals surface area contributed by atoms with E-state index in [-0.39, 0.29) is 5.91 Å². The molecule has 32 heavy (non-hydrogen) atoms. The average Bonchev–Trinajstić information content (AvgIpc) is 3.37. The van der Waals surface area contributed by atoms with Crippen LogP contribution < -0.4 is 4.90 Å². The minimum Gasteiger partial charge on any atom is -0.311 e. The van der Waals surface area contributed by atoms with Crippen molar-refractivity contribution < 1.29 is 4.79 Å². The second kappa shape index (κ2) is 7.93. The Morgan fingerprint density at radius 3 is 2.69 bits per heavy atom. The van der Waals surface area contributed by atoms with Crippen LogP contribution in [0.2, 0.25) is 0 Å². The lowest BCUT2D eigenvalue weighted by molar-refractivity contribution is 0.0993. The summed E-state index contributed by atoms with van der Waals surface area (Å²) in [7, 11) is 1.82. The topological polar surface area (TPSA) is 55.4 Å². The van der Waals surface area contributed by atoms with E-state index in [0.29, 0.717) is 11.5 Å². The van der Waals surface area contributed by atoms with E-state index in [4.69, 9.17) is 5.10 Å². The Balaban J connectivity index is 1.49. The van der Waals surface area contributed by atoms with Gasteiger partial charge >= 0.3 is 0 Å². The lowest BCUT2D eigenvalue weighted by Gasteiger charge is -2.19. The normalized spacial score (nSPS) is 13.5. The summed E-state index contributed by atoms with van der Waals surface area (Å²) in [5.41, 5.74) is 8.27. The van der Waals surface area contributed by atoms with E-state index in [0.717, 1.165) is 35.4 Å². The highest BCUT2D eigenvalue weighted by Gasteiger charge is 2.23. The zero-order valence-corrected chi connectivity index (χ0v) is 19.2. The molecule has 0 N–H and O–H groups in total. The fraction of sp³-hybridized carbons (Fsp3) is 0.346. The molecule has 0 saturated carbocycles. The summed E-state index contributed by atoms with van der Waals surface area (Å²) < 4.78 is 3.90. The molecule has 0 saturated heterocycles. The lowest BCUT2D eigenvalue weighted by atomic mass is 9.92. The molecule has 5 rings (SSSR count). The number of carbonyl (C=O) groups is 1. The van der Waals surface area contributed by atoms with E-state index in [2.05, 4.69) is 23.6 Å². The molecule has 164 valence electrons. The minimum absolute atomic E-state index is 0.0439. The molecule has 0 unspecified atom stereocenters. The highest BCUT2D eigenvalue weighted by atomic mass is 16.2. The van der Waals surface area contributed by atoms with Crippen LogP contribution in [0.1, 0.15) is 65.6 Å². The smallest absolute Gasteiger partial charge is 0.258 e. The number of hydrogen-bond donors (Lipinski definition) is 0. The number of carbonyl (C=O) groups excluding carboxylic acids is 1. The number of anilines is 1. The van der Waals surface area contributed by atoms with Crippen molar-refractivity contribution >= 4 is 17.1 Å². The van der Waals surface area contributed by atoms with E-state index in [1.807, 2.05) is 67.1 Å². The molecule has 3 aromatic heterocycles. The van der Waals surface area contributed by atoms with E-state index >= 15 is 0 Å². The Hall–Kier alpha value is -3.41. The first-order valence-electron chi connectivity index (χ1n) is 11.4. The van der Waals surface area contributed by atoms with E-state index in [9.17, 15) is 4.79 Å². The van der Waals surface area contributed by atoms with Crippen LogP contribution in [0.25, 0.3) is 11.2 Å². The summed E-state index contributed by atoms with van der Waals surface area (Å²) in [5.74, 6) is 0.346. The molecular formula is C26H29N5O. The van der Waals surface area contributed by atoms with Crippen LogP contribution in [-0.2, 0) is 12.8 Å². The van der Waals surface area contributed by atoms with Crippen LogP contribution >= 0.6 is 0 Å². The number of nitrogens with zero attached hydrogens (tertiary/aromatic N) is 5. The van der Waals surface area contributed by atoms with Crippen molar-refractivity contribution in [3.8, 4) is 5.69 Å². The fourth-order valence-corrected chi connectivity index (χ4v) is 4.71. The monoisotopic (exact) mass is 427 g/mol. The lowest BCUT2D eigenvalue weighted by Crippen LogP contribution is -2.26. The molecule has 6 nitrogen and oxygen atoms in total. The predicted octanol–water partition coefficient (Wildman–Crippen LogP) is 5.11. The van der Waals surface area contributed by atoms with Gasteiger partial charge in [0.05, 0.1) is 22.6 Å². The number of pyridine rings is 1. The van der Waals surface area contributed by atoms with Gasteiger partial charge in [0.25, 0.3) is 5.91 Å². The third-order valence-corrected chi connectivity index (χ3v) is 6.36. The maximum atomic E-state index is 13.3. The fourth-order valence-electron chi connectivity index (χ4n) is 4.71. The zero-order chi connectivity index (χ0) is 22.4. The Labute approximate surface area is 188 Å². The number of amides is 1. The molecule has 0 atom stereocenters. The van der Waals surface area contributed by atoms with Crippen molar-refractivity contribution in [3.63, 3.8) is 0 Å². The molecule has 0 fully saturated rings. The molecule has 0 bridgehead atoms. The van der Waals surface area contributed by atoms with Gasteiger partial charge in [-0.25, -0.2) is 9.20 Å². The first kappa shape index (κ1) is 20.5. The molecule has 1 aliphatic carbocycles. The zero-order valence-electron chi connectivity index (χ0n) is 19.2. The third-order valence-electron chi connectivity index (χ3n) is 6.36. The largest absolute Gasteiger partial charge is 0.311 e. The second-order valence-electron chi connectivity index (χ2n) is 9.04. The standard InChI is InChI=1S/C26H29N5O/c1-17(2)25-23-10-5-6-11-24(23)31(28-25)21-9-7-8-19(15-21)26(32)29(4)20-12-13-30-22(16-20)14-18(3)27-30/h7-9,12-17H,5-6,10-11H2,1-4H3. The summed E-state index contributed by atoms with van der Waals surface area (Å²) in [5, 5.41) is 9.40. The van der Waals surface area contributed by atoms with Crippen LogP contribution in [0.4, 0.5) is 5.69 Å². The van der Waals surface area contributed by atoms with Gasteiger partial charge in [-0.15, -0.1) is 0 Å². The summed E-state index contributed by atoms with van der Waals surface area (Å²) in [6.45, 7) is 6.37. The van der Waals surface area contributed by atoms with Crippen molar-refractivity contribution in [2.45, 2.75) is 52.4 Å². The maximum Gasteiger partial charge on any atom is 0.258 e. The Morgan fingerprint density at radius 2 is 1.88 bits per heavy atom. The first-order valence-corrected chi connectivity index (χ1v) is 11.4. The summed E-state index contributed by atoms with van der Waals surface area (Å²) in [6, 6.07) is 13.8. The summed E-state index contributed by atoms with van der Waals surface area (Å²) in [4.78, 5) is 15.0. The van der Waals surface area contributed by atoms with Crippen LogP contribution in [0, 0.1) is 6.92 Å². The maximum absolute atomic E-state index is 13.3. The Morgan fingerprint density at radius 1 is 1.06 bits per heavy atom. The van der Waals surface area contributed by atoms with Crippen molar-refractivity contribution in [3.05, 3.63) is 76.9 Å². The van der Waals surface area contributed by atoms with E-state index in [1.54, 1.807) is 4.90 Å². The van der Waals surface area contributed by atoms with Crippen LogP contribution in [-0.4, -0.2) is 32.3 Å². The summed E-state index contributed by atoms with van der Waals surface area (Å²) >= 11 is 0. The molecular weight excluding hydrogens is 398 g/mol. The molecule has 6 heteroatoms. The van der Waals surface area contributed by atoms with Gasteiger partial charge in [-0.3, -0.25) is 4.79 Å². The van der Waals surface area contributed by atoms with Gasteiger partial charge in [0.1, 0.15) is 0 Å². The highest BCUT2D eigenvalue weighted by Crippen LogP contribution is 2.31. The molecule has 4 aromatic rings. The molecule has 0 aliphatic heterocycles. The quantitative estimate of drug-likeness (QED) is 0.455. The van der Waals surface area contributed by atoms with Gasteiger partial charge in [0.15, 0.2) is 0 Å². The number of benzene rings is 1. The molecule has 1 aliphatic rings. The van der Waals surface area contributed by atoms with Gasteiger partial charge in [-0.2, -0.15) is 10.2 Å².